The number of hydrogen-bond donors (Lipinski definition) is 2. The second kappa shape index (κ2) is 12.5. The number of nitrogens with one attached hydrogen (secondary N) is 1. The van der Waals surface area contributed by atoms with E-state index in [1.807, 2.05) is 37.3 Å². The number of aromatic nitrogens is 3. The van der Waals surface area contributed by atoms with Gasteiger partial charge in [0.25, 0.3) is 0 Å². The summed E-state index contributed by atoms with van der Waals surface area (Å²) in [7, 11) is 0. The zero-order valence-corrected chi connectivity index (χ0v) is 23.1. The van der Waals surface area contributed by atoms with E-state index < -0.39 is 41.4 Å². The monoisotopic (exact) mass is 584 g/mol. The largest absolute Gasteiger partial charge is 0.477 e. The Morgan fingerprint density at radius 3 is 2.28 bits per heavy atom. The molecule has 0 radical (unpaired) electrons. The highest BCUT2D eigenvalue weighted by atomic mass is 19.1. The molecule has 5 rings (SSSR count). The molecule has 5 aromatic rings. The third-order valence-electron chi connectivity index (χ3n) is 6.64. The summed E-state index contributed by atoms with van der Waals surface area (Å²) in [6, 6.07) is 20.9. The molecule has 2 aromatic heterocycles. The zero-order valence-electron chi connectivity index (χ0n) is 23.1. The number of aromatic carboxylic acids is 1. The number of carbonyl (C=O) groups is 2. The summed E-state index contributed by atoms with van der Waals surface area (Å²) in [6.07, 6.45) is 1.76. The highest BCUT2D eigenvalue weighted by molar-refractivity contribution is 5.91. The summed E-state index contributed by atoms with van der Waals surface area (Å²) >= 11 is 0. The number of hydrogen-bond acceptors (Lipinski definition) is 6. The minimum absolute atomic E-state index is 0.231. The summed E-state index contributed by atoms with van der Waals surface area (Å²) in [5.41, 5.74) is 2.59. The lowest BCUT2D eigenvalue weighted by Gasteiger charge is -2.15. The van der Waals surface area contributed by atoms with Crippen molar-refractivity contribution in [2.45, 2.75) is 26.5 Å². The van der Waals surface area contributed by atoms with Gasteiger partial charge in [-0.15, -0.1) is 0 Å². The first-order valence-electron chi connectivity index (χ1n) is 13.3. The summed E-state index contributed by atoms with van der Waals surface area (Å²) in [4.78, 5) is 27.9. The van der Waals surface area contributed by atoms with Crippen molar-refractivity contribution in [3.05, 3.63) is 114 Å². The molecule has 0 spiro atoms. The van der Waals surface area contributed by atoms with Gasteiger partial charge in [-0.05, 0) is 60.4 Å². The van der Waals surface area contributed by atoms with Gasteiger partial charge < -0.3 is 14.6 Å². The Hall–Kier alpha value is -5.58. The molecule has 0 bridgehead atoms. The van der Waals surface area contributed by atoms with Crippen LogP contribution in [0.3, 0.4) is 0 Å². The number of carboxylic acid groups (broad SMARTS) is 1. The quantitative estimate of drug-likeness (QED) is 0.182. The number of halogens is 2. The van der Waals surface area contributed by atoms with Crippen LogP contribution in [0, 0.1) is 11.6 Å². The van der Waals surface area contributed by atoms with E-state index in [1.54, 1.807) is 42.1 Å². The van der Waals surface area contributed by atoms with Gasteiger partial charge in [0.05, 0.1) is 6.20 Å². The Morgan fingerprint density at radius 2 is 1.63 bits per heavy atom. The second-order valence-electron chi connectivity index (χ2n) is 9.42. The Morgan fingerprint density at radius 1 is 0.953 bits per heavy atom. The number of amides is 1. The summed E-state index contributed by atoms with van der Waals surface area (Å²) in [6.45, 7) is 4.15. The number of ether oxygens (including phenoxy) is 2. The number of anilines is 1. The molecule has 0 aliphatic carbocycles. The fourth-order valence-corrected chi connectivity index (χ4v) is 4.44. The van der Waals surface area contributed by atoms with Crippen molar-refractivity contribution in [1.82, 2.24) is 14.8 Å². The molecule has 0 saturated heterocycles. The van der Waals surface area contributed by atoms with Gasteiger partial charge in [0.1, 0.15) is 17.5 Å². The predicted molar refractivity (Wildman–Crippen MR) is 155 cm³/mol. The molecule has 43 heavy (non-hydrogen) atoms. The highest BCUT2D eigenvalue weighted by Gasteiger charge is 2.21. The van der Waals surface area contributed by atoms with Gasteiger partial charge in [0.15, 0.2) is 11.6 Å². The first-order chi connectivity index (χ1) is 20.7. The summed E-state index contributed by atoms with van der Waals surface area (Å²) in [5, 5.41) is 16.4. The van der Waals surface area contributed by atoms with Crippen LogP contribution in [-0.2, 0) is 11.3 Å². The molecule has 0 aliphatic rings. The lowest BCUT2D eigenvalue weighted by atomic mass is 10.0. The molecule has 9 nitrogen and oxygen atoms in total. The van der Waals surface area contributed by atoms with Crippen molar-refractivity contribution in [3.8, 4) is 33.9 Å². The molecule has 11 heteroatoms. The maximum absolute atomic E-state index is 15.0. The van der Waals surface area contributed by atoms with Crippen molar-refractivity contribution in [3.63, 3.8) is 0 Å². The van der Waals surface area contributed by atoms with E-state index >= 15 is 0 Å². The maximum Gasteiger partial charge on any atom is 0.413 e. The van der Waals surface area contributed by atoms with Crippen LogP contribution in [0.4, 0.5) is 19.4 Å². The maximum atomic E-state index is 15.0. The summed E-state index contributed by atoms with van der Waals surface area (Å²) < 4.78 is 42.3. The van der Waals surface area contributed by atoms with Gasteiger partial charge in [0, 0.05) is 18.3 Å². The smallest absolute Gasteiger partial charge is 0.413 e. The third-order valence-corrected chi connectivity index (χ3v) is 6.64. The SMILES string of the molecule is CCn1ncc(-c2ccc(-c3cc(F)c(Oc4ncccc4C(=O)O)c(F)c3)cc2)c1NC(=O)O[C@H](C)c1ccccc1. The van der Waals surface area contributed by atoms with Crippen LogP contribution in [0.2, 0.25) is 0 Å². The average molecular weight is 585 g/mol. The van der Waals surface area contributed by atoms with Crippen LogP contribution < -0.4 is 10.1 Å². The van der Waals surface area contributed by atoms with Gasteiger partial charge in [-0.25, -0.2) is 28.0 Å². The minimum Gasteiger partial charge on any atom is -0.477 e. The van der Waals surface area contributed by atoms with E-state index in [1.165, 1.54) is 18.3 Å². The Labute approximate surface area is 245 Å². The number of carboxylic acids is 1. The normalized spacial score (nSPS) is 11.5. The van der Waals surface area contributed by atoms with Crippen molar-refractivity contribution in [2.24, 2.45) is 0 Å². The molecule has 0 aliphatic heterocycles. The van der Waals surface area contributed by atoms with Crippen LogP contribution in [0.15, 0.2) is 91.3 Å². The molecule has 0 unspecified atom stereocenters. The second-order valence-corrected chi connectivity index (χ2v) is 9.42. The van der Waals surface area contributed by atoms with E-state index in [2.05, 4.69) is 15.4 Å². The van der Waals surface area contributed by atoms with Crippen molar-refractivity contribution in [2.75, 3.05) is 5.32 Å². The van der Waals surface area contributed by atoms with Crippen molar-refractivity contribution >= 4 is 17.9 Å². The Kier molecular flexibility index (Phi) is 8.42. The van der Waals surface area contributed by atoms with Gasteiger partial charge in [-0.1, -0.05) is 54.6 Å². The van der Waals surface area contributed by atoms with Crippen LogP contribution in [-0.4, -0.2) is 31.9 Å². The molecule has 2 N–H and O–H groups in total. The zero-order chi connectivity index (χ0) is 30.5. The fraction of sp³-hybridized carbons (Fsp3) is 0.125. The minimum atomic E-state index is -1.35. The lowest BCUT2D eigenvalue weighted by Crippen LogP contribution is -2.19. The highest BCUT2D eigenvalue weighted by Crippen LogP contribution is 2.35. The van der Waals surface area contributed by atoms with Gasteiger partial charge >= 0.3 is 12.1 Å². The molecule has 0 saturated carbocycles. The van der Waals surface area contributed by atoms with Crippen LogP contribution >= 0.6 is 0 Å². The first-order valence-corrected chi connectivity index (χ1v) is 13.3. The van der Waals surface area contributed by atoms with E-state index in [4.69, 9.17) is 9.47 Å². The number of benzene rings is 3. The van der Waals surface area contributed by atoms with E-state index in [9.17, 15) is 23.5 Å². The molecule has 1 amide bonds. The molecule has 2 heterocycles. The van der Waals surface area contributed by atoms with E-state index in [-0.39, 0.29) is 11.1 Å². The molecule has 0 fully saturated rings. The van der Waals surface area contributed by atoms with Crippen molar-refractivity contribution < 1.29 is 33.0 Å². The average Bonchev–Trinajstić information content (AvgIpc) is 3.41. The van der Waals surface area contributed by atoms with Crippen LogP contribution in [0.5, 0.6) is 11.6 Å². The van der Waals surface area contributed by atoms with Crippen LogP contribution in [0.25, 0.3) is 22.3 Å². The lowest BCUT2D eigenvalue weighted by molar-refractivity contribution is 0.0693. The van der Waals surface area contributed by atoms with Gasteiger partial charge in [-0.2, -0.15) is 5.10 Å². The number of pyridine rings is 1. The first kappa shape index (κ1) is 28.9. The van der Waals surface area contributed by atoms with Gasteiger partial charge in [0.2, 0.25) is 11.6 Å². The number of carbonyl (C=O) groups excluding carboxylic acids is 1. The Bertz CT molecular complexity index is 1750. The number of aryl methyl sites for hydroxylation is 1. The number of rotatable bonds is 9. The molecule has 1 atom stereocenters. The fourth-order valence-electron chi connectivity index (χ4n) is 4.44. The van der Waals surface area contributed by atoms with Gasteiger partial charge in [-0.3, -0.25) is 5.32 Å². The van der Waals surface area contributed by atoms with Crippen LogP contribution in [0.1, 0.15) is 35.9 Å². The standard InChI is InChI=1S/C32H26F2N4O5/c1-3-38-29(37-32(41)42-19(2)20-8-5-4-6-9-20)25(18-36-38)22-13-11-21(12-14-22)23-16-26(33)28(27(34)17-23)43-30-24(31(39)40)10-7-15-35-30/h4-19H,3H2,1-2H3,(H,37,41)(H,39,40)/t19-/m1/s1. The third kappa shape index (κ3) is 6.35. The van der Waals surface area contributed by atoms with E-state index in [0.29, 0.717) is 29.1 Å². The molecule has 3 aromatic carbocycles. The Balaban J connectivity index is 1.36. The molecule has 218 valence electrons. The molecular weight excluding hydrogens is 558 g/mol. The summed E-state index contributed by atoms with van der Waals surface area (Å²) in [5.74, 6) is -4.16. The number of nitrogens with zero attached hydrogens (tertiary/aromatic N) is 3. The van der Waals surface area contributed by atoms with Crippen molar-refractivity contribution in [1.29, 1.82) is 0 Å². The molecular formula is C32H26F2N4O5. The predicted octanol–water partition coefficient (Wildman–Crippen LogP) is 7.71. The van der Waals surface area contributed by atoms with E-state index in [0.717, 1.165) is 17.7 Å². The topological polar surface area (TPSA) is 116 Å².